The van der Waals surface area contributed by atoms with Crippen molar-refractivity contribution in [1.82, 2.24) is 24.5 Å². The summed E-state index contributed by atoms with van der Waals surface area (Å²) in [5.74, 6) is 0.775. The molecule has 0 aliphatic rings. The first-order valence-electron chi connectivity index (χ1n) is 8.93. The highest BCUT2D eigenvalue weighted by Gasteiger charge is 2.19. The zero-order valence-electron chi connectivity index (χ0n) is 15.7. The molecule has 0 radical (unpaired) electrons. The largest absolute Gasteiger partial charge is 0.497 e. The number of hydrogen-bond acceptors (Lipinski definition) is 7. The maximum absolute atomic E-state index is 13.1. The molecule has 0 fully saturated rings. The van der Waals surface area contributed by atoms with Crippen LogP contribution in [0.5, 0.6) is 5.75 Å². The van der Waals surface area contributed by atoms with Gasteiger partial charge in [0.15, 0.2) is 5.65 Å². The van der Waals surface area contributed by atoms with Gasteiger partial charge in [-0.15, -0.1) is 11.3 Å². The van der Waals surface area contributed by atoms with Crippen molar-refractivity contribution in [3.05, 3.63) is 57.1 Å². The van der Waals surface area contributed by atoms with E-state index in [0.717, 1.165) is 32.0 Å². The van der Waals surface area contributed by atoms with Crippen LogP contribution in [0.1, 0.15) is 16.0 Å². The molecule has 146 valence electrons. The van der Waals surface area contributed by atoms with Gasteiger partial charge >= 0.3 is 5.69 Å². The van der Waals surface area contributed by atoms with Crippen molar-refractivity contribution in [3.8, 4) is 5.75 Å². The number of rotatable bonds is 7. The fraction of sp³-hybridized carbons (Fsp3) is 0.316. The zero-order valence-corrected chi connectivity index (χ0v) is 16.5. The Hall–Kier alpha value is -2.75. The number of nitrogens with zero attached hydrogens (tertiary/aromatic N) is 4. The van der Waals surface area contributed by atoms with E-state index in [-0.39, 0.29) is 12.3 Å². The predicted octanol–water partition coefficient (Wildman–Crippen LogP) is 1.55. The van der Waals surface area contributed by atoms with E-state index in [2.05, 4.69) is 15.4 Å². The molecular formula is C19H21N5O3S. The molecule has 0 saturated heterocycles. The van der Waals surface area contributed by atoms with Crippen LogP contribution in [-0.4, -0.2) is 44.5 Å². The van der Waals surface area contributed by atoms with Crippen LogP contribution < -0.4 is 15.7 Å². The van der Waals surface area contributed by atoms with Crippen LogP contribution in [0.2, 0.25) is 0 Å². The minimum absolute atomic E-state index is 0.0839. The minimum Gasteiger partial charge on any atom is -0.497 e. The number of nitrogens with one attached hydrogen (secondary N) is 1. The van der Waals surface area contributed by atoms with Gasteiger partial charge in [0.1, 0.15) is 16.9 Å². The lowest BCUT2D eigenvalue weighted by molar-refractivity contribution is 0.292. The van der Waals surface area contributed by atoms with Gasteiger partial charge in [-0.3, -0.25) is 4.57 Å². The van der Waals surface area contributed by atoms with Crippen LogP contribution in [-0.2, 0) is 13.1 Å². The molecular weight excluding hydrogens is 378 g/mol. The average molecular weight is 399 g/mol. The van der Waals surface area contributed by atoms with Gasteiger partial charge in [-0.05, 0) is 30.2 Å². The Morgan fingerprint density at radius 1 is 1.29 bits per heavy atom. The monoisotopic (exact) mass is 399 g/mol. The first-order chi connectivity index (χ1) is 13.6. The second-order valence-electron chi connectivity index (χ2n) is 6.44. The molecule has 0 bridgehead atoms. The molecule has 9 heteroatoms. The first kappa shape index (κ1) is 18.6. The van der Waals surface area contributed by atoms with E-state index < -0.39 is 0 Å². The van der Waals surface area contributed by atoms with Crippen LogP contribution in [0.15, 0.2) is 35.4 Å². The Morgan fingerprint density at radius 2 is 2.07 bits per heavy atom. The van der Waals surface area contributed by atoms with Crippen LogP contribution in [0.3, 0.4) is 0 Å². The molecule has 8 nitrogen and oxygen atoms in total. The highest BCUT2D eigenvalue weighted by atomic mass is 32.1. The Balaban J connectivity index is 1.86. The molecule has 28 heavy (non-hydrogen) atoms. The van der Waals surface area contributed by atoms with Gasteiger partial charge in [-0.25, -0.2) is 9.78 Å². The highest BCUT2D eigenvalue weighted by Crippen LogP contribution is 2.32. The van der Waals surface area contributed by atoms with E-state index in [1.54, 1.807) is 23.0 Å². The van der Waals surface area contributed by atoms with Crippen LogP contribution in [0.25, 0.3) is 15.9 Å². The van der Waals surface area contributed by atoms with Crippen molar-refractivity contribution < 1.29 is 9.84 Å². The molecule has 0 amide bonds. The Morgan fingerprint density at radius 3 is 2.79 bits per heavy atom. The maximum Gasteiger partial charge on any atom is 0.352 e. The summed E-state index contributed by atoms with van der Waals surface area (Å²) in [6.07, 6.45) is 1.41. The van der Waals surface area contributed by atoms with E-state index in [1.165, 1.54) is 10.8 Å². The Kier molecular flexibility index (Phi) is 5.12. The van der Waals surface area contributed by atoms with Crippen molar-refractivity contribution in [2.24, 2.45) is 0 Å². The van der Waals surface area contributed by atoms with Gasteiger partial charge in [-0.1, -0.05) is 12.1 Å². The van der Waals surface area contributed by atoms with E-state index in [0.29, 0.717) is 25.3 Å². The summed E-state index contributed by atoms with van der Waals surface area (Å²) < 4.78 is 8.31. The van der Waals surface area contributed by atoms with E-state index in [9.17, 15) is 4.79 Å². The van der Waals surface area contributed by atoms with Gasteiger partial charge in [-0.2, -0.15) is 9.61 Å². The molecule has 0 unspecified atom stereocenters. The summed E-state index contributed by atoms with van der Waals surface area (Å²) in [6, 6.07) is 7.67. The number of aliphatic hydroxyl groups excluding tert-OH is 1. The number of aryl methyl sites for hydroxylation is 1. The molecule has 0 spiro atoms. The lowest BCUT2D eigenvalue weighted by Gasteiger charge is -2.09. The van der Waals surface area contributed by atoms with Crippen LogP contribution in [0.4, 0.5) is 0 Å². The fourth-order valence-corrected chi connectivity index (χ4v) is 4.52. The average Bonchev–Trinajstić information content (AvgIpc) is 3.31. The number of thiophene rings is 1. The number of aromatic nitrogens is 4. The van der Waals surface area contributed by atoms with Gasteiger partial charge in [0.05, 0.1) is 25.6 Å². The maximum atomic E-state index is 13.1. The lowest BCUT2D eigenvalue weighted by atomic mass is 10.2. The molecule has 3 heterocycles. The molecule has 0 aliphatic heterocycles. The third kappa shape index (κ3) is 3.17. The van der Waals surface area contributed by atoms with Crippen molar-refractivity contribution in [2.75, 3.05) is 20.3 Å². The van der Waals surface area contributed by atoms with Crippen molar-refractivity contribution >= 4 is 27.2 Å². The third-order valence-corrected chi connectivity index (χ3v) is 6.04. The summed E-state index contributed by atoms with van der Waals surface area (Å²) in [5.41, 5.74) is 2.43. The molecule has 1 aromatic carbocycles. The summed E-state index contributed by atoms with van der Waals surface area (Å²) in [5, 5.41) is 17.3. The normalized spacial score (nSPS) is 11.5. The summed E-state index contributed by atoms with van der Waals surface area (Å²) in [6.45, 7) is 3.69. The zero-order chi connectivity index (χ0) is 19.7. The molecule has 3 aromatic heterocycles. The van der Waals surface area contributed by atoms with Gasteiger partial charge in [0, 0.05) is 18.0 Å². The molecule has 0 aliphatic carbocycles. The summed E-state index contributed by atoms with van der Waals surface area (Å²) >= 11 is 1.57. The second kappa shape index (κ2) is 7.70. The smallest absolute Gasteiger partial charge is 0.352 e. The highest BCUT2D eigenvalue weighted by molar-refractivity contribution is 7.19. The number of aliphatic hydroxyl groups is 1. The van der Waals surface area contributed by atoms with Crippen LogP contribution >= 0.6 is 11.3 Å². The molecule has 4 aromatic rings. The summed E-state index contributed by atoms with van der Waals surface area (Å²) in [4.78, 5) is 19.4. The Bertz CT molecular complexity index is 1180. The Labute approximate surface area is 165 Å². The molecule has 0 saturated carbocycles. The molecule has 4 rings (SSSR count). The third-order valence-electron chi connectivity index (χ3n) is 4.73. The summed E-state index contributed by atoms with van der Waals surface area (Å²) in [7, 11) is 1.63. The van der Waals surface area contributed by atoms with Crippen molar-refractivity contribution in [2.45, 2.75) is 20.0 Å². The van der Waals surface area contributed by atoms with E-state index in [4.69, 9.17) is 9.84 Å². The lowest BCUT2D eigenvalue weighted by Crippen LogP contribution is -2.27. The first-order valence-corrected chi connectivity index (χ1v) is 9.74. The standard InChI is InChI=1S/C19H21N5O3S/c1-12-15(9-20-7-8-25)28-18-16(12)17-21-11-22-24(17)19(26)23(18)10-13-3-5-14(27-2)6-4-13/h3-6,11,20,25H,7-10H2,1-2H3. The van der Waals surface area contributed by atoms with Crippen molar-refractivity contribution in [1.29, 1.82) is 0 Å². The predicted molar refractivity (Wildman–Crippen MR) is 108 cm³/mol. The molecule has 0 atom stereocenters. The number of hydrogen-bond donors (Lipinski definition) is 2. The molecule has 2 N–H and O–H groups in total. The minimum atomic E-state index is -0.216. The van der Waals surface area contributed by atoms with Gasteiger partial charge < -0.3 is 15.2 Å². The van der Waals surface area contributed by atoms with E-state index in [1.807, 2.05) is 31.2 Å². The fourth-order valence-electron chi connectivity index (χ4n) is 3.25. The van der Waals surface area contributed by atoms with E-state index >= 15 is 0 Å². The topological polar surface area (TPSA) is 93.7 Å². The number of methoxy groups -OCH3 is 1. The van der Waals surface area contributed by atoms with Crippen molar-refractivity contribution in [3.63, 3.8) is 0 Å². The SMILES string of the molecule is COc1ccc(Cn2c(=O)n3ncnc3c3c(C)c(CNCCO)sc32)cc1. The van der Waals surface area contributed by atoms with Gasteiger partial charge in [0.25, 0.3) is 0 Å². The number of fused-ring (bicyclic) bond motifs is 3. The quantitative estimate of drug-likeness (QED) is 0.458. The number of ether oxygens (including phenoxy) is 1. The van der Waals surface area contributed by atoms with Crippen LogP contribution in [0, 0.1) is 6.92 Å². The van der Waals surface area contributed by atoms with Gasteiger partial charge in [0.2, 0.25) is 0 Å². The second-order valence-corrected chi connectivity index (χ2v) is 7.53. The number of benzene rings is 1.